The largest absolute Gasteiger partial charge is 0.497 e. The van der Waals surface area contributed by atoms with Crippen LogP contribution in [0.3, 0.4) is 0 Å². The van der Waals surface area contributed by atoms with Crippen molar-refractivity contribution in [2.75, 3.05) is 18.6 Å². The monoisotopic (exact) mass is 329 g/mol. The maximum Gasteiger partial charge on any atom is 0.243 e. The predicted molar refractivity (Wildman–Crippen MR) is 91.4 cm³/mol. The normalized spacial score (nSPS) is 20.3. The summed E-state index contributed by atoms with van der Waals surface area (Å²) in [6.45, 7) is 2.51. The number of carbonyl (C=O) groups excluding carboxylic acids is 1. The summed E-state index contributed by atoms with van der Waals surface area (Å²) < 4.78 is 18.0. The van der Waals surface area contributed by atoms with Crippen LogP contribution in [0.4, 0.5) is 5.69 Å². The van der Waals surface area contributed by atoms with Crippen molar-refractivity contribution in [1.29, 1.82) is 0 Å². The number of para-hydroxylation sites is 1. The Labute approximate surface area is 138 Å². The Hall–Kier alpha value is -2.14. The Morgan fingerprint density at radius 2 is 1.83 bits per heavy atom. The molecular formula is C18H19NO3S. The van der Waals surface area contributed by atoms with Crippen LogP contribution < -0.4 is 9.64 Å². The first-order valence-electron chi connectivity index (χ1n) is 7.59. The molecule has 0 spiro atoms. The summed E-state index contributed by atoms with van der Waals surface area (Å²) in [7, 11) is 0.280. The number of nitrogens with zero attached hydrogens (tertiary/aromatic N) is 1. The molecule has 4 nitrogen and oxygen atoms in total. The van der Waals surface area contributed by atoms with Gasteiger partial charge in [-0.05, 0) is 43.2 Å². The van der Waals surface area contributed by atoms with E-state index in [0.29, 0.717) is 13.0 Å². The average Bonchev–Trinajstić information content (AvgIpc) is 2.60. The molecule has 23 heavy (non-hydrogen) atoms. The summed E-state index contributed by atoms with van der Waals surface area (Å²) in [5, 5.41) is -0.543. The second kappa shape index (κ2) is 6.54. The Kier molecular flexibility index (Phi) is 4.48. The van der Waals surface area contributed by atoms with Gasteiger partial charge in [0.2, 0.25) is 5.91 Å². The van der Waals surface area contributed by atoms with Gasteiger partial charge in [-0.15, -0.1) is 0 Å². The number of methoxy groups -OCH3 is 1. The number of amides is 1. The molecular weight excluding hydrogens is 310 g/mol. The van der Waals surface area contributed by atoms with Crippen molar-refractivity contribution >= 4 is 22.4 Å². The van der Waals surface area contributed by atoms with Gasteiger partial charge in [0.1, 0.15) is 11.0 Å². The van der Waals surface area contributed by atoms with Gasteiger partial charge < -0.3 is 9.64 Å². The summed E-state index contributed by atoms with van der Waals surface area (Å²) in [6.07, 6.45) is 0.459. The molecule has 2 aromatic carbocycles. The third-order valence-corrected chi connectivity index (χ3v) is 5.73. The van der Waals surface area contributed by atoms with E-state index in [-0.39, 0.29) is 5.91 Å². The van der Waals surface area contributed by atoms with E-state index in [0.717, 1.165) is 21.9 Å². The molecule has 0 fully saturated rings. The molecule has 0 N–H and O–H groups in total. The zero-order valence-electron chi connectivity index (χ0n) is 13.2. The summed E-state index contributed by atoms with van der Waals surface area (Å²) in [5.74, 6) is 0.700. The van der Waals surface area contributed by atoms with Crippen molar-refractivity contribution in [3.63, 3.8) is 0 Å². The second-order valence-corrected chi connectivity index (χ2v) is 6.99. The molecule has 1 aliphatic rings. The van der Waals surface area contributed by atoms with Gasteiger partial charge in [-0.2, -0.15) is 0 Å². The molecule has 5 heteroatoms. The van der Waals surface area contributed by atoms with Crippen LogP contribution in [0.25, 0.3) is 0 Å². The molecule has 1 aliphatic heterocycles. The molecule has 1 amide bonds. The summed E-state index contributed by atoms with van der Waals surface area (Å²) in [4.78, 5) is 15.2. The Morgan fingerprint density at radius 1 is 1.13 bits per heavy atom. The zero-order valence-corrected chi connectivity index (χ0v) is 14.0. The molecule has 1 heterocycles. The molecule has 2 atom stereocenters. The first kappa shape index (κ1) is 15.7. The summed E-state index contributed by atoms with van der Waals surface area (Å²) >= 11 is 0. The zero-order chi connectivity index (χ0) is 16.4. The molecule has 0 bridgehead atoms. The minimum atomic E-state index is -1.34. The molecule has 0 saturated heterocycles. The van der Waals surface area contributed by atoms with E-state index >= 15 is 0 Å². The van der Waals surface area contributed by atoms with Crippen LogP contribution in [0.5, 0.6) is 5.75 Å². The van der Waals surface area contributed by atoms with E-state index in [9.17, 15) is 9.00 Å². The molecule has 2 aromatic rings. The van der Waals surface area contributed by atoms with E-state index in [2.05, 4.69) is 0 Å². The van der Waals surface area contributed by atoms with Crippen LogP contribution in [0.1, 0.15) is 12.5 Å². The van der Waals surface area contributed by atoms with Gasteiger partial charge in [-0.25, -0.2) is 0 Å². The van der Waals surface area contributed by atoms with Crippen molar-refractivity contribution < 1.29 is 13.7 Å². The molecule has 0 radical (unpaired) electrons. The standard InChI is InChI=1S/C18H19NO3S/c1-3-19-15-6-4-5-7-16(15)23(21)17(18(19)20)12-13-8-10-14(22-2)11-9-13/h4-11,17H,3,12H2,1-2H3. The Bertz CT molecular complexity index is 742. The first-order valence-corrected chi connectivity index (χ1v) is 8.81. The Morgan fingerprint density at radius 3 is 2.48 bits per heavy atom. The van der Waals surface area contributed by atoms with E-state index in [1.54, 1.807) is 12.0 Å². The van der Waals surface area contributed by atoms with E-state index < -0.39 is 16.0 Å². The maximum absolute atomic E-state index is 12.9. The van der Waals surface area contributed by atoms with Gasteiger partial charge in [0.05, 0.1) is 28.5 Å². The summed E-state index contributed by atoms with van der Waals surface area (Å²) in [6, 6.07) is 15.0. The van der Waals surface area contributed by atoms with Crippen molar-refractivity contribution in [3.05, 3.63) is 54.1 Å². The minimum absolute atomic E-state index is 0.0691. The van der Waals surface area contributed by atoms with Crippen molar-refractivity contribution in [1.82, 2.24) is 0 Å². The van der Waals surface area contributed by atoms with Gasteiger partial charge in [-0.3, -0.25) is 9.00 Å². The molecule has 2 unspecified atom stereocenters. The SMILES string of the molecule is CCN1C(=O)C(Cc2ccc(OC)cc2)S(=O)c2ccccc21. The number of anilines is 1. The van der Waals surface area contributed by atoms with Gasteiger partial charge in [0.15, 0.2) is 0 Å². The quantitative estimate of drug-likeness (QED) is 0.866. The summed E-state index contributed by atoms with van der Waals surface area (Å²) in [5.41, 5.74) is 1.75. The lowest BCUT2D eigenvalue weighted by molar-refractivity contribution is -0.118. The highest BCUT2D eigenvalue weighted by atomic mass is 32.2. The van der Waals surface area contributed by atoms with Crippen LogP contribution in [-0.2, 0) is 22.0 Å². The predicted octanol–water partition coefficient (Wildman–Crippen LogP) is 2.78. The van der Waals surface area contributed by atoms with E-state index in [4.69, 9.17) is 4.74 Å². The number of carbonyl (C=O) groups is 1. The van der Waals surface area contributed by atoms with Crippen molar-refractivity contribution in [3.8, 4) is 5.75 Å². The smallest absolute Gasteiger partial charge is 0.243 e. The van der Waals surface area contributed by atoms with Crippen LogP contribution in [0.15, 0.2) is 53.4 Å². The highest BCUT2D eigenvalue weighted by molar-refractivity contribution is 7.86. The number of rotatable bonds is 4. The fourth-order valence-electron chi connectivity index (χ4n) is 2.85. The van der Waals surface area contributed by atoms with E-state index in [1.165, 1.54) is 0 Å². The second-order valence-electron chi connectivity index (χ2n) is 5.39. The first-order chi connectivity index (χ1) is 11.2. The molecule has 0 aliphatic carbocycles. The molecule has 120 valence electrons. The van der Waals surface area contributed by atoms with E-state index in [1.807, 2.05) is 55.5 Å². The number of benzene rings is 2. The molecule has 3 rings (SSSR count). The third kappa shape index (κ3) is 2.88. The number of ether oxygens (including phenoxy) is 1. The lowest BCUT2D eigenvalue weighted by atomic mass is 10.1. The Balaban J connectivity index is 1.93. The van der Waals surface area contributed by atoms with Crippen molar-refractivity contribution in [2.45, 2.75) is 23.5 Å². The molecule has 0 saturated carbocycles. The molecule has 0 aromatic heterocycles. The third-order valence-electron chi connectivity index (χ3n) is 4.07. The number of fused-ring (bicyclic) bond motifs is 1. The maximum atomic E-state index is 12.9. The fraction of sp³-hybridized carbons (Fsp3) is 0.278. The van der Waals surface area contributed by atoms with Crippen LogP contribution in [0, 0.1) is 0 Å². The van der Waals surface area contributed by atoms with Crippen LogP contribution >= 0.6 is 0 Å². The highest BCUT2D eigenvalue weighted by Crippen LogP contribution is 2.33. The topological polar surface area (TPSA) is 46.6 Å². The van der Waals surface area contributed by atoms with Crippen LogP contribution in [-0.4, -0.2) is 29.0 Å². The average molecular weight is 329 g/mol. The lowest BCUT2D eigenvalue weighted by Crippen LogP contribution is -2.46. The van der Waals surface area contributed by atoms with Crippen LogP contribution in [0.2, 0.25) is 0 Å². The fourth-order valence-corrected chi connectivity index (χ4v) is 4.41. The minimum Gasteiger partial charge on any atom is -0.497 e. The highest BCUT2D eigenvalue weighted by Gasteiger charge is 2.37. The lowest BCUT2D eigenvalue weighted by Gasteiger charge is -2.32. The van der Waals surface area contributed by atoms with Gasteiger partial charge in [0, 0.05) is 6.54 Å². The van der Waals surface area contributed by atoms with Gasteiger partial charge in [-0.1, -0.05) is 24.3 Å². The van der Waals surface area contributed by atoms with Gasteiger partial charge >= 0.3 is 0 Å². The number of hydrogen-bond donors (Lipinski definition) is 0. The van der Waals surface area contributed by atoms with Gasteiger partial charge in [0.25, 0.3) is 0 Å². The number of hydrogen-bond acceptors (Lipinski definition) is 3. The van der Waals surface area contributed by atoms with Crippen molar-refractivity contribution in [2.24, 2.45) is 0 Å².